The maximum atomic E-state index is 12.8. The number of benzene rings is 1. The van der Waals surface area contributed by atoms with Crippen molar-refractivity contribution in [3.05, 3.63) is 41.6 Å². The van der Waals surface area contributed by atoms with Gasteiger partial charge in [0.25, 0.3) is 0 Å². The van der Waals surface area contributed by atoms with Gasteiger partial charge in [0.1, 0.15) is 23.2 Å². The van der Waals surface area contributed by atoms with Gasteiger partial charge in [0, 0.05) is 37.8 Å². The van der Waals surface area contributed by atoms with Crippen LogP contribution in [0, 0.1) is 34.5 Å². The third-order valence-corrected chi connectivity index (χ3v) is 8.63. The summed E-state index contributed by atoms with van der Waals surface area (Å²) >= 11 is 0. The molecule has 6 atom stereocenters. The molecule has 0 aliphatic heterocycles. The van der Waals surface area contributed by atoms with Crippen molar-refractivity contribution in [1.29, 1.82) is 5.26 Å². The summed E-state index contributed by atoms with van der Waals surface area (Å²) in [4.78, 5) is 8.65. The molecule has 1 heterocycles. The first-order valence-corrected chi connectivity index (χ1v) is 13.8. The number of anilines is 2. The Labute approximate surface area is 231 Å². The largest absolute Gasteiger partial charge is 0.573 e. The zero-order valence-corrected chi connectivity index (χ0v) is 22.1. The number of alkyl halides is 3. The van der Waals surface area contributed by atoms with Crippen LogP contribution in [-0.4, -0.2) is 58.4 Å². The van der Waals surface area contributed by atoms with Crippen molar-refractivity contribution in [3.8, 4) is 11.8 Å². The minimum atomic E-state index is -4.80. The number of nitriles is 1. The maximum Gasteiger partial charge on any atom is 0.573 e. The Hall–Kier alpha value is -3.14. The molecule has 40 heavy (non-hydrogen) atoms. The molecular formula is C28H35F3N6O3. The highest BCUT2D eigenvalue weighted by Gasteiger charge is 2.55. The molecule has 2 unspecified atom stereocenters. The first-order chi connectivity index (χ1) is 19.2. The number of aliphatic hydroxyl groups is 2. The molecule has 1 aromatic heterocycles. The number of aromatic nitrogens is 2. The number of halogens is 3. The van der Waals surface area contributed by atoms with Crippen molar-refractivity contribution >= 4 is 11.8 Å². The molecule has 9 nitrogen and oxygen atoms in total. The molecule has 4 aliphatic rings. The van der Waals surface area contributed by atoms with Crippen LogP contribution in [0.25, 0.3) is 0 Å². The Morgan fingerprint density at radius 3 is 2.60 bits per heavy atom. The molecule has 4 fully saturated rings. The smallest absolute Gasteiger partial charge is 0.405 e. The highest BCUT2D eigenvalue weighted by Crippen LogP contribution is 2.60. The third kappa shape index (κ3) is 6.59. The van der Waals surface area contributed by atoms with E-state index in [4.69, 9.17) is 5.11 Å². The summed E-state index contributed by atoms with van der Waals surface area (Å²) in [5.41, 5.74) is 0.689. The van der Waals surface area contributed by atoms with Crippen molar-refractivity contribution in [1.82, 2.24) is 15.3 Å². The highest BCUT2D eigenvalue weighted by molar-refractivity contribution is 5.53. The molecule has 4 aliphatic carbocycles. The van der Waals surface area contributed by atoms with Crippen LogP contribution in [0.15, 0.2) is 30.5 Å². The average Bonchev–Trinajstić information content (AvgIpc) is 2.90. The minimum Gasteiger partial charge on any atom is -0.405 e. The van der Waals surface area contributed by atoms with Crippen molar-refractivity contribution in [2.75, 3.05) is 30.3 Å². The van der Waals surface area contributed by atoms with E-state index in [0.717, 1.165) is 19.3 Å². The number of ether oxygens (including phenoxy) is 1. The molecule has 1 aromatic carbocycles. The number of aliphatic hydroxyl groups excluding tert-OH is 2. The normalized spacial score (nSPS) is 27.7. The van der Waals surface area contributed by atoms with E-state index < -0.39 is 12.5 Å². The van der Waals surface area contributed by atoms with Gasteiger partial charge in [0.2, 0.25) is 5.95 Å². The van der Waals surface area contributed by atoms with Gasteiger partial charge in [0.05, 0.1) is 12.3 Å². The molecule has 0 radical (unpaired) electrons. The van der Waals surface area contributed by atoms with Crippen molar-refractivity contribution in [2.24, 2.45) is 23.2 Å². The second-order valence-electron chi connectivity index (χ2n) is 11.5. The van der Waals surface area contributed by atoms with Crippen molar-refractivity contribution in [3.63, 3.8) is 0 Å². The van der Waals surface area contributed by atoms with Gasteiger partial charge >= 0.3 is 6.36 Å². The average molecular weight is 561 g/mol. The second-order valence-corrected chi connectivity index (χ2v) is 11.5. The Morgan fingerprint density at radius 1 is 1.15 bits per heavy atom. The van der Waals surface area contributed by atoms with Crippen LogP contribution in [0.1, 0.15) is 49.7 Å². The lowest BCUT2D eigenvalue weighted by Crippen LogP contribution is -2.60. The van der Waals surface area contributed by atoms with E-state index in [9.17, 15) is 23.5 Å². The molecule has 5 N–H and O–H groups in total. The fourth-order valence-corrected chi connectivity index (χ4v) is 7.27. The number of nitrogens with zero attached hydrogens (tertiary/aromatic N) is 3. The number of para-hydroxylation sites is 1. The lowest BCUT2D eigenvalue weighted by atomic mass is 9.48. The molecule has 0 spiro atoms. The van der Waals surface area contributed by atoms with Crippen LogP contribution in [0.4, 0.5) is 24.9 Å². The van der Waals surface area contributed by atoms with E-state index >= 15 is 0 Å². The van der Waals surface area contributed by atoms with Gasteiger partial charge in [-0.25, -0.2) is 4.98 Å². The zero-order chi connectivity index (χ0) is 28.3. The predicted octanol–water partition coefficient (Wildman–Crippen LogP) is 3.80. The van der Waals surface area contributed by atoms with Gasteiger partial charge in [-0.2, -0.15) is 10.2 Å². The number of nitrogens with one attached hydrogen (secondary N) is 3. The molecule has 12 heteroatoms. The van der Waals surface area contributed by atoms with E-state index in [0.29, 0.717) is 60.3 Å². The molecule has 6 rings (SSSR count). The lowest BCUT2D eigenvalue weighted by Gasteiger charge is -2.60. The van der Waals surface area contributed by atoms with Crippen LogP contribution < -0.4 is 20.7 Å². The summed E-state index contributed by atoms with van der Waals surface area (Å²) in [5, 5.41) is 38.7. The Balaban J connectivity index is 1.23. The van der Waals surface area contributed by atoms with E-state index in [-0.39, 0.29) is 30.3 Å². The first-order valence-electron chi connectivity index (χ1n) is 13.8. The Kier molecular flexibility index (Phi) is 8.35. The van der Waals surface area contributed by atoms with Crippen molar-refractivity contribution < 1.29 is 28.1 Å². The fourth-order valence-electron chi connectivity index (χ4n) is 7.27. The quantitative estimate of drug-likeness (QED) is 0.263. The molecule has 2 aromatic rings. The summed E-state index contributed by atoms with van der Waals surface area (Å²) in [7, 11) is 0. The number of rotatable bonds is 12. The van der Waals surface area contributed by atoms with Crippen LogP contribution in [0.3, 0.4) is 0 Å². The molecule has 4 bridgehead atoms. The number of hydrogen-bond acceptors (Lipinski definition) is 9. The van der Waals surface area contributed by atoms with Gasteiger partial charge < -0.3 is 30.9 Å². The standard InChI is InChI=1S/C28H35F3N6O3/c29-28(30,31)40-23-4-2-1-3-18(23)13-34-26-35-14-21(12-32)25(37-26)36-16-27-9-17-7-19(10-27)24(20(8-17)11-27)33-15-22(39)5-6-38/h1-4,14,17,19-20,22,24,33,38-39H,5-11,13,15-16H2,(H2,34,35,36,37)/t17?,19-,20+,22?,24+,27-. The summed E-state index contributed by atoms with van der Waals surface area (Å²) in [5.74, 6) is 2.00. The van der Waals surface area contributed by atoms with Crippen molar-refractivity contribution in [2.45, 2.75) is 63.6 Å². The third-order valence-electron chi connectivity index (χ3n) is 8.63. The maximum absolute atomic E-state index is 12.8. The monoisotopic (exact) mass is 560 g/mol. The zero-order valence-electron chi connectivity index (χ0n) is 22.1. The Morgan fingerprint density at radius 2 is 1.90 bits per heavy atom. The van der Waals surface area contributed by atoms with Crippen LogP contribution in [0.5, 0.6) is 5.75 Å². The molecular weight excluding hydrogens is 525 g/mol. The van der Waals surface area contributed by atoms with Gasteiger partial charge in [-0.3, -0.25) is 0 Å². The lowest BCUT2D eigenvalue weighted by molar-refractivity contribution is -0.274. The molecule has 0 saturated heterocycles. The summed E-state index contributed by atoms with van der Waals surface area (Å²) < 4.78 is 42.4. The SMILES string of the molecule is N#Cc1cnc(NCc2ccccc2OC(F)(F)F)nc1NC[C@]12CC3C[C@H](C1)[C@H](NCC(O)CCO)[C@@H](C3)C2. The summed E-state index contributed by atoms with van der Waals surface area (Å²) in [6.07, 6.45) is 2.02. The molecule has 4 saturated carbocycles. The molecule has 0 amide bonds. The fraction of sp³-hybridized carbons (Fsp3) is 0.607. The van der Waals surface area contributed by atoms with Gasteiger partial charge in [-0.1, -0.05) is 18.2 Å². The van der Waals surface area contributed by atoms with Gasteiger partial charge in [0.15, 0.2) is 0 Å². The van der Waals surface area contributed by atoms with E-state index in [1.807, 2.05) is 0 Å². The minimum absolute atomic E-state index is 0.00790. The first kappa shape index (κ1) is 28.4. The summed E-state index contributed by atoms with van der Waals surface area (Å²) in [6, 6.07) is 8.35. The highest BCUT2D eigenvalue weighted by atomic mass is 19.4. The topological polar surface area (TPSA) is 135 Å². The van der Waals surface area contributed by atoms with E-state index in [1.54, 1.807) is 6.07 Å². The molecule has 216 valence electrons. The van der Waals surface area contributed by atoms with Crippen LogP contribution in [0.2, 0.25) is 0 Å². The van der Waals surface area contributed by atoms with Gasteiger partial charge in [-0.15, -0.1) is 13.2 Å². The van der Waals surface area contributed by atoms with Gasteiger partial charge in [-0.05, 0) is 67.8 Å². The van der Waals surface area contributed by atoms with E-state index in [1.165, 1.54) is 37.2 Å². The number of hydrogen-bond donors (Lipinski definition) is 5. The van der Waals surface area contributed by atoms with Crippen LogP contribution >= 0.6 is 0 Å². The van der Waals surface area contributed by atoms with Crippen LogP contribution in [-0.2, 0) is 6.54 Å². The second kappa shape index (κ2) is 11.8. The summed E-state index contributed by atoms with van der Waals surface area (Å²) in [6.45, 7) is 1.14. The predicted molar refractivity (Wildman–Crippen MR) is 141 cm³/mol. The Bertz CT molecular complexity index is 1210. The van der Waals surface area contributed by atoms with E-state index in [2.05, 4.69) is 36.7 Å².